The maximum atomic E-state index is 9.91. The largest absolute Gasteiger partial charge is 0.765 e. The fraction of sp³-hybridized carbons (Fsp3) is 0.667. The number of hydrogen-bond acceptors (Lipinski definition) is 4. The van der Waals surface area contributed by atoms with Crippen LogP contribution in [0.5, 0.6) is 0 Å². The van der Waals surface area contributed by atoms with Gasteiger partial charge in [-0.05, 0) is 0 Å². The molecule has 0 fully saturated rings. The molecular formula is C3H6NO3S-. The van der Waals surface area contributed by atoms with Gasteiger partial charge in [-0.2, -0.15) is 0 Å². The lowest BCUT2D eigenvalue weighted by atomic mass is 11.3. The van der Waals surface area contributed by atoms with Crippen LogP contribution >= 0.6 is 0 Å². The van der Waals surface area contributed by atoms with E-state index in [9.17, 15) is 8.76 Å². The lowest BCUT2D eigenvalue weighted by molar-refractivity contribution is 0.406. The van der Waals surface area contributed by atoms with Gasteiger partial charge in [0, 0.05) is 18.1 Å². The highest BCUT2D eigenvalue weighted by Gasteiger charge is 1.91. The Bertz CT molecular complexity index is 122. The van der Waals surface area contributed by atoms with Gasteiger partial charge in [-0.1, -0.05) is 0 Å². The molecule has 0 aliphatic carbocycles. The molecule has 0 saturated carbocycles. The summed E-state index contributed by atoms with van der Waals surface area (Å²) in [6.45, 7) is 0. The molecule has 5 heteroatoms. The quantitative estimate of drug-likeness (QED) is 0.256. The summed E-state index contributed by atoms with van der Waals surface area (Å²) in [6, 6.07) is 0. The molecule has 0 aliphatic rings. The first kappa shape index (κ1) is 7.58. The van der Waals surface area contributed by atoms with Crippen molar-refractivity contribution in [2.45, 2.75) is 0 Å². The van der Waals surface area contributed by atoms with Crippen molar-refractivity contribution in [2.24, 2.45) is 4.99 Å². The Hall–Kier alpha value is -0.420. The Balaban J connectivity index is 3.92. The van der Waals surface area contributed by atoms with Crippen LogP contribution in [0.3, 0.4) is 0 Å². The SMILES string of the molecule is CN=C(OC)S(=O)[O-]. The molecule has 1 atom stereocenters. The van der Waals surface area contributed by atoms with Gasteiger partial charge in [-0.3, -0.25) is 4.21 Å². The van der Waals surface area contributed by atoms with Crippen LogP contribution in [0.2, 0.25) is 0 Å². The predicted octanol–water partition coefficient (Wildman–Crippen LogP) is -0.502. The zero-order chi connectivity index (χ0) is 6.57. The van der Waals surface area contributed by atoms with Crippen molar-refractivity contribution in [3.05, 3.63) is 0 Å². The minimum absolute atomic E-state index is 0.273. The molecule has 4 nitrogen and oxygen atoms in total. The summed E-state index contributed by atoms with van der Waals surface area (Å²) in [4.78, 5) is 3.29. The molecule has 0 aliphatic heterocycles. The van der Waals surface area contributed by atoms with E-state index in [1.54, 1.807) is 0 Å². The number of hydrogen-bond donors (Lipinski definition) is 0. The third kappa shape index (κ3) is 2.04. The molecule has 0 rings (SSSR count). The third-order valence-electron chi connectivity index (χ3n) is 0.500. The number of ether oxygens (including phenoxy) is 1. The summed E-state index contributed by atoms with van der Waals surface area (Å²) in [7, 11) is 2.59. The van der Waals surface area contributed by atoms with Gasteiger partial charge in [0.2, 0.25) is 0 Å². The van der Waals surface area contributed by atoms with E-state index in [4.69, 9.17) is 0 Å². The van der Waals surface area contributed by atoms with Crippen molar-refractivity contribution in [1.82, 2.24) is 0 Å². The van der Waals surface area contributed by atoms with Crippen LogP contribution in [0.15, 0.2) is 4.99 Å². The number of rotatable bonds is 0. The van der Waals surface area contributed by atoms with Gasteiger partial charge in [0.1, 0.15) is 0 Å². The summed E-state index contributed by atoms with van der Waals surface area (Å²) in [6.07, 6.45) is 0. The second kappa shape index (κ2) is 3.57. The summed E-state index contributed by atoms with van der Waals surface area (Å²) in [5.41, 5.74) is 0. The Morgan fingerprint density at radius 1 is 1.88 bits per heavy atom. The molecule has 0 amide bonds. The molecule has 1 unspecified atom stereocenters. The molecule has 0 aromatic heterocycles. The van der Waals surface area contributed by atoms with Crippen LogP contribution in [-0.4, -0.2) is 28.1 Å². The lowest BCUT2D eigenvalue weighted by Gasteiger charge is -2.04. The van der Waals surface area contributed by atoms with E-state index in [2.05, 4.69) is 9.73 Å². The Labute approximate surface area is 49.9 Å². The van der Waals surface area contributed by atoms with Gasteiger partial charge < -0.3 is 9.29 Å². The van der Waals surface area contributed by atoms with Gasteiger partial charge >= 0.3 is 0 Å². The minimum atomic E-state index is -2.33. The van der Waals surface area contributed by atoms with E-state index in [0.717, 1.165) is 0 Å². The van der Waals surface area contributed by atoms with E-state index in [1.807, 2.05) is 0 Å². The standard InChI is InChI=1S/C3H7NO3S/c1-4-3(7-2)8(5)6/h1-2H3,(H,5,6)/p-1. The molecule has 0 aromatic carbocycles. The molecule has 0 saturated heterocycles. The Morgan fingerprint density at radius 2 is 2.38 bits per heavy atom. The lowest BCUT2D eigenvalue weighted by Crippen LogP contribution is -2.07. The maximum Gasteiger partial charge on any atom is 0.262 e. The molecule has 8 heavy (non-hydrogen) atoms. The topological polar surface area (TPSA) is 61.7 Å². The minimum Gasteiger partial charge on any atom is -0.765 e. The zero-order valence-electron chi connectivity index (χ0n) is 4.58. The van der Waals surface area contributed by atoms with Crippen molar-refractivity contribution >= 4 is 16.3 Å². The Kier molecular flexibility index (Phi) is 3.38. The second-order valence-electron chi connectivity index (χ2n) is 0.928. The first-order valence-electron chi connectivity index (χ1n) is 1.82. The van der Waals surface area contributed by atoms with E-state index in [-0.39, 0.29) is 5.23 Å². The molecular weight excluding hydrogens is 130 g/mol. The first-order valence-corrected chi connectivity index (χ1v) is 2.90. The van der Waals surface area contributed by atoms with E-state index in [0.29, 0.717) is 0 Å². The number of nitrogens with zero attached hydrogens (tertiary/aromatic N) is 1. The van der Waals surface area contributed by atoms with Crippen molar-refractivity contribution in [3.8, 4) is 0 Å². The van der Waals surface area contributed by atoms with Gasteiger partial charge in [0.05, 0.1) is 7.11 Å². The third-order valence-corrected chi connectivity index (χ3v) is 1.13. The molecule has 0 radical (unpaired) electrons. The van der Waals surface area contributed by atoms with Gasteiger partial charge in [0.15, 0.2) is 0 Å². The summed E-state index contributed by atoms with van der Waals surface area (Å²) in [5.74, 6) is 0. The van der Waals surface area contributed by atoms with Crippen molar-refractivity contribution in [1.29, 1.82) is 0 Å². The van der Waals surface area contributed by atoms with E-state index >= 15 is 0 Å². The Morgan fingerprint density at radius 3 is 2.38 bits per heavy atom. The molecule has 0 N–H and O–H groups in total. The van der Waals surface area contributed by atoms with Crippen LogP contribution in [0.1, 0.15) is 0 Å². The zero-order valence-corrected chi connectivity index (χ0v) is 5.40. The fourth-order valence-electron chi connectivity index (χ4n) is 0.234. The first-order chi connectivity index (χ1) is 3.72. The summed E-state index contributed by atoms with van der Waals surface area (Å²) in [5, 5.41) is -0.273. The van der Waals surface area contributed by atoms with Crippen molar-refractivity contribution in [2.75, 3.05) is 14.2 Å². The normalized spacial score (nSPS) is 15.6. The highest BCUT2D eigenvalue weighted by molar-refractivity contribution is 7.95. The highest BCUT2D eigenvalue weighted by Crippen LogP contribution is 1.81. The van der Waals surface area contributed by atoms with Gasteiger partial charge in [0.25, 0.3) is 5.23 Å². The van der Waals surface area contributed by atoms with Crippen molar-refractivity contribution in [3.63, 3.8) is 0 Å². The van der Waals surface area contributed by atoms with Crippen molar-refractivity contribution < 1.29 is 13.5 Å². The number of aliphatic imine (C=N–C) groups is 1. The van der Waals surface area contributed by atoms with Crippen LogP contribution in [0.4, 0.5) is 0 Å². The molecule has 48 valence electrons. The summed E-state index contributed by atoms with van der Waals surface area (Å²) >= 11 is -2.33. The van der Waals surface area contributed by atoms with E-state index < -0.39 is 11.1 Å². The molecule has 0 spiro atoms. The predicted molar refractivity (Wildman–Crippen MR) is 29.3 cm³/mol. The summed E-state index contributed by atoms with van der Waals surface area (Å²) < 4.78 is 24.1. The van der Waals surface area contributed by atoms with Crippen LogP contribution < -0.4 is 0 Å². The fourth-order valence-corrected chi connectivity index (χ4v) is 0.519. The molecule has 0 aromatic rings. The second-order valence-corrected chi connectivity index (χ2v) is 1.75. The number of methoxy groups -OCH3 is 1. The van der Waals surface area contributed by atoms with Gasteiger partial charge in [-0.25, -0.2) is 4.99 Å². The molecule has 0 bridgehead atoms. The smallest absolute Gasteiger partial charge is 0.262 e. The monoisotopic (exact) mass is 136 g/mol. The van der Waals surface area contributed by atoms with Crippen LogP contribution in [-0.2, 0) is 15.8 Å². The molecule has 0 heterocycles. The van der Waals surface area contributed by atoms with Crippen LogP contribution in [0, 0.1) is 0 Å². The average Bonchev–Trinajstić information content (AvgIpc) is 1.69. The van der Waals surface area contributed by atoms with Crippen LogP contribution in [0.25, 0.3) is 0 Å². The highest BCUT2D eigenvalue weighted by atomic mass is 32.2. The van der Waals surface area contributed by atoms with Gasteiger partial charge in [-0.15, -0.1) is 0 Å². The van der Waals surface area contributed by atoms with E-state index in [1.165, 1.54) is 14.2 Å². The maximum absolute atomic E-state index is 9.91. The average molecular weight is 136 g/mol.